The van der Waals surface area contributed by atoms with Crippen molar-refractivity contribution in [2.24, 2.45) is 5.92 Å². The fourth-order valence-corrected chi connectivity index (χ4v) is 3.16. The molecule has 0 aliphatic carbocycles. The van der Waals surface area contributed by atoms with Crippen molar-refractivity contribution in [1.82, 2.24) is 14.7 Å². The maximum Gasteiger partial charge on any atom is 0.312 e. The Hall–Kier alpha value is -2.45. The van der Waals surface area contributed by atoms with Crippen LogP contribution in [-0.4, -0.2) is 49.7 Å². The number of carbonyl (C=O) groups excluding carboxylic acids is 1. The first kappa shape index (κ1) is 17.9. The minimum atomic E-state index is -0.800. The molecule has 132 valence electrons. The van der Waals surface area contributed by atoms with Crippen LogP contribution >= 0.6 is 0 Å². The van der Waals surface area contributed by atoms with Gasteiger partial charge in [0.1, 0.15) is 11.4 Å². The molecule has 0 radical (unpaired) electrons. The topological polar surface area (TPSA) is 119 Å². The highest BCUT2D eigenvalue weighted by Gasteiger charge is 2.25. The lowest BCUT2D eigenvalue weighted by Crippen LogP contribution is -2.39. The van der Waals surface area contributed by atoms with Gasteiger partial charge >= 0.3 is 11.7 Å². The Morgan fingerprint density at radius 3 is 2.46 bits per heavy atom. The molecule has 2 heterocycles. The number of nitro groups is 1. The van der Waals surface area contributed by atoms with Crippen LogP contribution < -0.4 is 0 Å². The third-order valence-electron chi connectivity index (χ3n) is 4.49. The maximum absolute atomic E-state index is 12.3. The van der Waals surface area contributed by atoms with Gasteiger partial charge in [-0.1, -0.05) is 0 Å². The van der Waals surface area contributed by atoms with E-state index in [1.165, 1.54) is 4.68 Å². The summed E-state index contributed by atoms with van der Waals surface area (Å²) in [5, 5.41) is 23.9. The van der Waals surface area contributed by atoms with E-state index in [-0.39, 0.29) is 30.4 Å². The third-order valence-corrected chi connectivity index (χ3v) is 4.49. The number of aliphatic carboxylic acids is 1. The molecule has 1 aromatic heterocycles. The SMILES string of the molecule is Cc1nn(CCC(=O)N2CCC(CC(=O)O)CC2)c(C)c1[N+](=O)[O-]. The van der Waals surface area contributed by atoms with Gasteiger partial charge in [0, 0.05) is 25.9 Å². The summed E-state index contributed by atoms with van der Waals surface area (Å²) in [6, 6.07) is 0. The summed E-state index contributed by atoms with van der Waals surface area (Å²) >= 11 is 0. The van der Waals surface area contributed by atoms with Crippen molar-refractivity contribution < 1.29 is 19.6 Å². The van der Waals surface area contributed by atoms with E-state index >= 15 is 0 Å². The predicted octanol–water partition coefficient (Wildman–Crippen LogP) is 1.51. The van der Waals surface area contributed by atoms with Crippen LogP contribution in [-0.2, 0) is 16.1 Å². The summed E-state index contributed by atoms with van der Waals surface area (Å²) in [6.07, 6.45) is 1.77. The summed E-state index contributed by atoms with van der Waals surface area (Å²) < 4.78 is 1.50. The standard InChI is InChI=1S/C15H22N4O5/c1-10-15(19(23)24)11(2)18(16-10)8-5-13(20)17-6-3-12(4-7-17)9-14(21)22/h12H,3-9H2,1-2H3,(H,21,22). The Bertz CT molecular complexity index is 647. The number of hydrogen-bond acceptors (Lipinski definition) is 5. The predicted molar refractivity (Wildman–Crippen MR) is 84.5 cm³/mol. The van der Waals surface area contributed by atoms with E-state index in [1.54, 1.807) is 18.7 Å². The molecule has 1 amide bonds. The monoisotopic (exact) mass is 338 g/mol. The average Bonchev–Trinajstić information content (AvgIpc) is 2.79. The van der Waals surface area contributed by atoms with E-state index in [2.05, 4.69) is 5.10 Å². The number of amides is 1. The van der Waals surface area contributed by atoms with E-state index in [9.17, 15) is 19.7 Å². The number of nitrogens with zero attached hydrogens (tertiary/aromatic N) is 4. The molecule has 2 rings (SSSR count). The molecule has 0 aromatic carbocycles. The Labute approximate surface area is 139 Å². The molecule has 1 N–H and O–H groups in total. The second kappa shape index (κ2) is 7.41. The molecule has 24 heavy (non-hydrogen) atoms. The summed E-state index contributed by atoms with van der Waals surface area (Å²) in [4.78, 5) is 35.2. The van der Waals surface area contributed by atoms with Gasteiger partial charge in [0.15, 0.2) is 0 Å². The molecular formula is C15H22N4O5. The zero-order chi connectivity index (χ0) is 17.9. The molecule has 0 unspecified atom stereocenters. The van der Waals surface area contributed by atoms with Crippen molar-refractivity contribution in [3.63, 3.8) is 0 Å². The van der Waals surface area contributed by atoms with Gasteiger partial charge in [0.05, 0.1) is 11.5 Å². The number of hydrogen-bond donors (Lipinski definition) is 1. The second-order valence-electron chi connectivity index (χ2n) is 6.17. The lowest BCUT2D eigenvalue weighted by Gasteiger charge is -2.31. The molecule has 9 heteroatoms. The molecule has 1 fully saturated rings. The molecule has 0 atom stereocenters. The van der Waals surface area contributed by atoms with Crippen molar-refractivity contribution in [2.75, 3.05) is 13.1 Å². The minimum Gasteiger partial charge on any atom is -0.481 e. The van der Waals surface area contributed by atoms with Crippen LogP contribution in [0.15, 0.2) is 0 Å². The number of carboxylic acids is 1. The largest absolute Gasteiger partial charge is 0.481 e. The van der Waals surface area contributed by atoms with Gasteiger partial charge in [-0.25, -0.2) is 0 Å². The number of carbonyl (C=O) groups is 2. The zero-order valence-corrected chi connectivity index (χ0v) is 13.9. The van der Waals surface area contributed by atoms with Gasteiger partial charge < -0.3 is 10.0 Å². The zero-order valence-electron chi connectivity index (χ0n) is 13.9. The van der Waals surface area contributed by atoms with Crippen molar-refractivity contribution >= 4 is 17.6 Å². The Morgan fingerprint density at radius 2 is 1.96 bits per heavy atom. The Kier molecular flexibility index (Phi) is 5.53. The first-order valence-electron chi connectivity index (χ1n) is 7.97. The number of rotatable bonds is 6. The van der Waals surface area contributed by atoms with Gasteiger partial charge in [0.25, 0.3) is 0 Å². The van der Waals surface area contributed by atoms with Crippen molar-refractivity contribution in [2.45, 2.75) is 46.1 Å². The summed E-state index contributed by atoms with van der Waals surface area (Å²) in [6.45, 7) is 4.63. The van der Waals surface area contributed by atoms with Crippen LogP contribution in [0.4, 0.5) is 5.69 Å². The fourth-order valence-electron chi connectivity index (χ4n) is 3.16. The van der Waals surface area contributed by atoms with Gasteiger partial charge in [-0.15, -0.1) is 0 Å². The summed E-state index contributed by atoms with van der Waals surface area (Å²) in [5.74, 6) is -0.699. The molecule has 1 aliphatic heterocycles. The molecule has 0 saturated carbocycles. The minimum absolute atomic E-state index is 0.00284. The third kappa shape index (κ3) is 4.09. The quantitative estimate of drug-likeness (QED) is 0.620. The van der Waals surface area contributed by atoms with Crippen LogP contribution in [0.1, 0.15) is 37.1 Å². The van der Waals surface area contributed by atoms with Crippen LogP contribution in [0.25, 0.3) is 0 Å². The first-order chi connectivity index (χ1) is 11.3. The first-order valence-corrected chi connectivity index (χ1v) is 7.97. The summed E-state index contributed by atoms with van der Waals surface area (Å²) in [7, 11) is 0. The number of carboxylic acid groups (broad SMARTS) is 1. The highest BCUT2D eigenvalue weighted by molar-refractivity contribution is 5.76. The van der Waals surface area contributed by atoms with Crippen LogP contribution in [0.2, 0.25) is 0 Å². The van der Waals surface area contributed by atoms with Crippen molar-refractivity contribution in [3.8, 4) is 0 Å². The molecule has 1 aliphatic rings. The van der Waals surface area contributed by atoms with E-state index in [0.29, 0.717) is 43.9 Å². The molecule has 1 aromatic rings. The molecule has 0 spiro atoms. The van der Waals surface area contributed by atoms with Gasteiger partial charge in [-0.3, -0.25) is 24.4 Å². The average molecular weight is 338 g/mol. The summed E-state index contributed by atoms with van der Waals surface area (Å²) in [5.41, 5.74) is 0.793. The Balaban J connectivity index is 1.87. The van der Waals surface area contributed by atoms with E-state index in [1.807, 2.05) is 0 Å². The lowest BCUT2D eigenvalue weighted by atomic mass is 9.93. The highest BCUT2D eigenvalue weighted by Crippen LogP contribution is 2.23. The number of aromatic nitrogens is 2. The van der Waals surface area contributed by atoms with Gasteiger partial charge in [-0.2, -0.15) is 5.10 Å². The molecular weight excluding hydrogens is 316 g/mol. The van der Waals surface area contributed by atoms with Gasteiger partial charge in [-0.05, 0) is 32.6 Å². The number of piperidine rings is 1. The van der Waals surface area contributed by atoms with Crippen LogP contribution in [0.3, 0.4) is 0 Å². The molecule has 1 saturated heterocycles. The number of likely N-dealkylation sites (tertiary alicyclic amines) is 1. The maximum atomic E-state index is 12.3. The second-order valence-corrected chi connectivity index (χ2v) is 6.17. The van der Waals surface area contributed by atoms with Crippen LogP contribution in [0.5, 0.6) is 0 Å². The molecule has 9 nitrogen and oxygen atoms in total. The fraction of sp³-hybridized carbons (Fsp3) is 0.667. The van der Waals surface area contributed by atoms with Gasteiger partial charge in [0.2, 0.25) is 5.91 Å². The Morgan fingerprint density at radius 1 is 1.33 bits per heavy atom. The lowest BCUT2D eigenvalue weighted by molar-refractivity contribution is -0.386. The molecule has 0 bridgehead atoms. The van der Waals surface area contributed by atoms with Crippen molar-refractivity contribution in [1.29, 1.82) is 0 Å². The van der Waals surface area contributed by atoms with E-state index in [0.717, 1.165) is 0 Å². The van der Waals surface area contributed by atoms with E-state index < -0.39 is 10.9 Å². The highest BCUT2D eigenvalue weighted by atomic mass is 16.6. The van der Waals surface area contributed by atoms with E-state index in [4.69, 9.17) is 5.11 Å². The normalized spacial score (nSPS) is 15.5. The smallest absolute Gasteiger partial charge is 0.312 e. The number of aryl methyl sites for hydroxylation is 2. The van der Waals surface area contributed by atoms with Crippen molar-refractivity contribution in [3.05, 3.63) is 21.5 Å². The van der Waals surface area contributed by atoms with Crippen LogP contribution in [0, 0.1) is 29.9 Å².